The number of nitro groups is 1. The number of aromatic nitrogens is 2. The minimum Gasteiger partial charge on any atom is -0.358 e. The highest BCUT2D eigenvalue weighted by Gasteiger charge is 2.30. The van der Waals surface area contributed by atoms with Crippen LogP contribution in [0.3, 0.4) is 0 Å². The van der Waals surface area contributed by atoms with E-state index >= 15 is 0 Å². The van der Waals surface area contributed by atoms with E-state index < -0.39 is 24.7 Å². The van der Waals surface area contributed by atoms with Gasteiger partial charge in [-0.3, -0.25) is 0 Å². The Morgan fingerprint density at radius 1 is 1.50 bits per heavy atom. The van der Waals surface area contributed by atoms with Crippen molar-refractivity contribution in [2.75, 3.05) is 0 Å². The Bertz CT molecular complexity index is 559. The summed E-state index contributed by atoms with van der Waals surface area (Å²) >= 11 is 0. The van der Waals surface area contributed by atoms with Gasteiger partial charge < -0.3 is 10.1 Å². The zero-order chi connectivity index (χ0) is 14.1. The van der Waals surface area contributed by atoms with Gasteiger partial charge in [-0.1, -0.05) is 20.8 Å². The third-order valence-corrected chi connectivity index (χ3v) is 3.55. The fraction of sp³-hybridized carbons (Fsp3) is 0.667. The number of nitrogens with zero attached hydrogens (tertiary/aromatic N) is 3. The number of hydrogen-bond donors (Lipinski definition) is 0. The molecule has 1 aromatic rings. The van der Waals surface area contributed by atoms with Gasteiger partial charge in [-0.2, -0.15) is 4.68 Å². The Labute approximate surface area is 109 Å². The van der Waals surface area contributed by atoms with Crippen LogP contribution in [0.4, 0.5) is 5.82 Å². The maximum atomic E-state index is 11.2. The molecule has 0 fully saturated rings. The highest BCUT2D eigenvalue weighted by Crippen LogP contribution is 2.26. The summed E-state index contributed by atoms with van der Waals surface area (Å²) < 4.78 is 23.6. The molecule has 7 nitrogen and oxygen atoms in total. The van der Waals surface area contributed by atoms with Crippen LogP contribution in [0.15, 0.2) is 11.1 Å². The van der Waals surface area contributed by atoms with Gasteiger partial charge in [-0.25, -0.2) is 8.42 Å². The minimum absolute atomic E-state index is 0.0146. The van der Waals surface area contributed by atoms with E-state index in [-0.39, 0.29) is 5.41 Å². The predicted molar refractivity (Wildman–Crippen MR) is 66.0 cm³/mol. The lowest BCUT2D eigenvalue weighted by molar-refractivity contribution is -0.392. The molecule has 9 heteroatoms. The SMILES string of the molecule is CC(C)(C)CCn1cc(S(=O)(=O)Cl)c([N+](=O)[O-])n1. The molecule has 0 atom stereocenters. The van der Waals surface area contributed by atoms with Gasteiger partial charge in [0.1, 0.15) is 0 Å². The average Bonchev–Trinajstić information content (AvgIpc) is 2.56. The van der Waals surface area contributed by atoms with Gasteiger partial charge in [0.15, 0.2) is 0 Å². The molecule has 0 radical (unpaired) electrons. The summed E-state index contributed by atoms with van der Waals surface area (Å²) in [5.41, 5.74) is 0.0146. The summed E-state index contributed by atoms with van der Waals surface area (Å²) in [6.45, 7) is 6.40. The molecule has 0 aliphatic rings. The summed E-state index contributed by atoms with van der Waals surface area (Å²) in [5, 5.41) is 14.3. The van der Waals surface area contributed by atoms with Crippen molar-refractivity contribution in [1.82, 2.24) is 9.78 Å². The highest BCUT2D eigenvalue weighted by molar-refractivity contribution is 8.13. The van der Waals surface area contributed by atoms with Gasteiger partial charge in [0.05, 0.1) is 17.8 Å². The Kier molecular flexibility index (Phi) is 4.02. The van der Waals surface area contributed by atoms with Crippen molar-refractivity contribution < 1.29 is 13.3 Å². The third kappa shape index (κ3) is 3.95. The normalized spacial score (nSPS) is 12.7. The summed E-state index contributed by atoms with van der Waals surface area (Å²) in [4.78, 5) is 9.26. The van der Waals surface area contributed by atoms with Gasteiger partial charge in [-0.15, -0.1) is 0 Å². The smallest absolute Gasteiger partial charge is 0.358 e. The van der Waals surface area contributed by atoms with Crippen LogP contribution in [0.1, 0.15) is 27.2 Å². The van der Waals surface area contributed by atoms with E-state index in [0.29, 0.717) is 13.0 Å². The van der Waals surface area contributed by atoms with Crippen LogP contribution in [0, 0.1) is 15.5 Å². The number of halogens is 1. The average molecular weight is 296 g/mol. The summed E-state index contributed by atoms with van der Waals surface area (Å²) in [7, 11) is 0.961. The predicted octanol–water partition coefficient (Wildman–Crippen LogP) is 2.16. The van der Waals surface area contributed by atoms with E-state index in [1.807, 2.05) is 20.8 Å². The molecule has 1 heterocycles. The largest absolute Gasteiger partial charge is 0.410 e. The van der Waals surface area contributed by atoms with Crippen LogP contribution < -0.4 is 0 Å². The monoisotopic (exact) mass is 295 g/mol. The van der Waals surface area contributed by atoms with Crippen molar-refractivity contribution >= 4 is 25.6 Å². The zero-order valence-electron chi connectivity index (χ0n) is 10.3. The first kappa shape index (κ1) is 14.9. The zero-order valence-corrected chi connectivity index (χ0v) is 11.8. The second-order valence-electron chi connectivity index (χ2n) is 5.09. The molecule has 102 valence electrons. The van der Waals surface area contributed by atoms with Gasteiger partial charge in [0.25, 0.3) is 9.05 Å². The fourth-order valence-corrected chi connectivity index (χ4v) is 2.16. The molecule has 0 spiro atoms. The van der Waals surface area contributed by atoms with Crippen molar-refractivity contribution in [3.63, 3.8) is 0 Å². The topological polar surface area (TPSA) is 95.1 Å². The quantitative estimate of drug-likeness (QED) is 0.482. The molecule has 0 aliphatic heterocycles. The highest BCUT2D eigenvalue weighted by atomic mass is 35.7. The third-order valence-electron chi connectivity index (χ3n) is 2.24. The van der Waals surface area contributed by atoms with Crippen molar-refractivity contribution in [2.24, 2.45) is 5.41 Å². The molecule has 0 aliphatic carbocycles. The lowest BCUT2D eigenvalue weighted by Gasteiger charge is -2.16. The first-order valence-electron chi connectivity index (χ1n) is 5.17. The van der Waals surface area contributed by atoms with E-state index in [1.54, 1.807) is 0 Å². The Morgan fingerprint density at radius 3 is 2.39 bits per heavy atom. The number of rotatable bonds is 4. The summed E-state index contributed by atoms with van der Waals surface area (Å²) in [5.74, 6) is -0.737. The minimum atomic E-state index is -4.16. The Morgan fingerprint density at radius 2 is 2.06 bits per heavy atom. The molecule has 1 aromatic heterocycles. The first-order chi connectivity index (χ1) is 8.00. The van der Waals surface area contributed by atoms with Crippen LogP contribution in [-0.2, 0) is 15.6 Å². The fourth-order valence-electron chi connectivity index (χ4n) is 1.26. The Balaban J connectivity index is 3.08. The standard InChI is InChI=1S/C9H14ClN3O4S/c1-9(2,3)4-5-12-6-7(18(10,16)17)8(11-12)13(14)15/h6H,4-5H2,1-3H3. The molecule has 0 unspecified atom stereocenters. The van der Waals surface area contributed by atoms with Gasteiger partial charge in [0, 0.05) is 10.7 Å². The maximum Gasteiger partial charge on any atom is 0.410 e. The maximum absolute atomic E-state index is 11.2. The molecular weight excluding hydrogens is 282 g/mol. The van der Waals surface area contributed by atoms with Crippen molar-refractivity contribution in [1.29, 1.82) is 0 Å². The lowest BCUT2D eigenvalue weighted by atomic mass is 9.92. The van der Waals surface area contributed by atoms with Crippen LogP contribution in [0.2, 0.25) is 0 Å². The van der Waals surface area contributed by atoms with Crippen molar-refractivity contribution in [2.45, 2.75) is 38.6 Å². The molecule has 0 saturated carbocycles. The van der Waals surface area contributed by atoms with Crippen molar-refractivity contribution in [3.8, 4) is 0 Å². The van der Waals surface area contributed by atoms with Crippen LogP contribution in [0.5, 0.6) is 0 Å². The number of hydrogen-bond acceptors (Lipinski definition) is 5. The van der Waals surface area contributed by atoms with Crippen LogP contribution in [0.25, 0.3) is 0 Å². The molecule has 0 aromatic carbocycles. The van der Waals surface area contributed by atoms with E-state index in [4.69, 9.17) is 10.7 Å². The van der Waals surface area contributed by atoms with Crippen molar-refractivity contribution in [3.05, 3.63) is 16.3 Å². The Hall–Kier alpha value is -1.15. The second kappa shape index (κ2) is 4.85. The summed E-state index contributed by atoms with van der Waals surface area (Å²) in [6, 6.07) is 0. The van der Waals surface area contributed by atoms with Crippen LogP contribution >= 0.6 is 10.7 Å². The molecule has 1 rings (SSSR count). The molecular formula is C9H14ClN3O4S. The van der Waals surface area contributed by atoms with Gasteiger partial charge >= 0.3 is 5.82 Å². The first-order valence-corrected chi connectivity index (χ1v) is 7.48. The molecule has 0 bridgehead atoms. The molecule has 0 saturated heterocycles. The second-order valence-corrected chi connectivity index (χ2v) is 7.62. The van der Waals surface area contributed by atoms with E-state index in [1.165, 1.54) is 4.68 Å². The number of aryl methyl sites for hydroxylation is 1. The summed E-state index contributed by atoms with van der Waals surface area (Å²) in [6.07, 6.45) is 1.79. The molecule has 18 heavy (non-hydrogen) atoms. The van der Waals surface area contributed by atoms with E-state index in [0.717, 1.165) is 6.20 Å². The van der Waals surface area contributed by atoms with Gasteiger partial charge in [0.2, 0.25) is 4.90 Å². The molecule has 0 amide bonds. The van der Waals surface area contributed by atoms with Crippen LogP contribution in [-0.4, -0.2) is 23.1 Å². The van der Waals surface area contributed by atoms with E-state index in [9.17, 15) is 18.5 Å². The van der Waals surface area contributed by atoms with E-state index in [2.05, 4.69) is 5.10 Å². The lowest BCUT2D eigenvalue weighted by Crippen LogP contribution is -2.10. The molecule has 0 N–H and O–H groups in total. The van der Waals surface area contributed by atoms with Gasteiger partial charge in [-0.05, 0) is 16.8 Å².